The Morgan fingerprint density at radius 1 is 1.39 bits per heavy atom. The lowest BCUT2D eigenvalue weighted by molar-refractivity contribution is 0.0111. The van der Waals surface area contributed by atoms with Gasteiger partial charge in [-0.05, 0) is 49.5 Å². The summed E-state index contributed by atoms with van der Waals surface area (Å²) < 4.78 is 3.29. The average Bonchev–Trinajstić information content (AvgIpc) is 3.48. The summed E-state index contributed by atoms with van der Waals surface area (Å²) >= 11 is 1.42. The molecule has 1 unspecified atom stereocenters. The van der Waals surface area contributed by atoms with Crippen molar-refractivity contribution < 1.29 is 5.11 Å². The topological polar surface area (TPSA) is 85.8 Å². The third-order valence-corrected chi connectivity index (χ3v) is 6.32. The Morgan fingerprint density at radius 2 is 2.21 bits per heavy atom. The molecular formula is C20H21N5O2S. The fraction of sp³-hybridized carbons (Fsp3) is 0.400. The molecule has 1 fully saturated rings. The highest BCUT2D eigenvalue weighted by atomic mass is 32.2. The Kier molecular flexibility index (Phi) is 3.96. The molecule has 0 aromatic carbocycles. The number of fused-ring (bicyclic) bond motifs is 2. The zero-order valence-electron chi connectivity index (χ0n) is 15.6. The number of allylic oxidation sites excluding steroid dienone is 1. The monoisotopic (exact) mass is 395 g/mol. The van der Waals surface area contributed by atoms with E-state index in [9.17, 15) is 9.90 Å². The number of thioether (sulfide) groups is 1. The van der Waals surface area contributed by atoms with Gasteiger partial charge in [0.15, 0.2) is 16.6 Å². The van der Waals surface area contributed by atoms with Gasteiger partial charge in [-0.1, -0.05) is 23.9 Å². The van der Waals surface area contributed by atoms with E-state index in [-0.39, 0.29) is 5.56 Å². The van der Waals surface area contributed by atoms with Crippen molar-refractivity contribution in [1.29, 1.82) is 0 Å². The molecule has 3 aromatic rings. The molecule has 8 heteroatoms. The van der Waals surface area contributed by atoms with E-state index in [0.717, 1.165) is 30.5 Å². The number of hydrogen-bond acceptors (Lipinski definition) is 6. The van der Waals surface area contributed by atoms with Crippen LogP contribution in [0.25, 0.3) is 16.9 Å². The first-order valence-electron chi connectivity index (χ1n) is 9.43. The second-order valence-corrected chi connectivity index (χ2v) is 8.23. The van der Waals surface area contributed by atoms with Gasteiger partial charge in [-0.2, -0.15) is 0 Å². The summed E-state index contributed by atoms with van der Waals surface area (Å²) in [6.45, 7) is 4.10. The summed E-state index contributed by atoms with van der Waals surface area (Å²) in [5.41, 5.74) is 1.34. The van der Waals surface area contributed by atoms with Crippen molar-refractivity contribution >= 4 is 22.8 Å². The van der Waals surface area contributed by atoms with Gasteiger partial charge in [0, 0.05) is 6.20 Å². The van der Waals surface area contributed by atoms with E-state index in [1.807, 2.05) is 18.4 Å². The van der Waals surface area contributed by atoms with Gasteiger partial charge >= 0.3 is 0 Å². The standard InChI is InChI=1S/C20H21N5O2S/c1-3-10-24-18(26)14-11-21-19(28-2)23-17(14)25(24)15-7-4-12-8-9-20(27,13-5-6-13)16(12)22-15/h3-4,7,11,13,27H,1,5-6,8-10H2,2H3. The first kappa shape index (κ1) is 17.6. The Morgan fingerprint density at radius 3 is 2.93 bits per heavy atom. The molecule has 144 valence electrons. The summed E-state index contributed by atoms with van der Waals surface area (Å²) in [5.74, 6) is 0.873. The molecular weight excluding hydrogens is 374 g/mol. The van der Waals surface area contributed by atoms with Crippen LogP contribution in [0.3, 0.4) is 0 Å². The van der Waals surface area contributed by atoms with Gasteiger partial charge in [-0.25, -0.2) is 24.3 Å². The van der Waals surface area contributed by atoms with Crippen molar-refractivity contribution in [3.8, 4) is 5.82 Å². The molecule has 28 heavy (non-hydrogen) atoms. The summed E-state index contributed by atoms with van der Waals surface area (Å²) in [4.78, 5) is 26.6. The molecule has 2 aliphatic rings. The van der Waals surface area contributed by atoms with Crippen molar-refractivity contribution in [3.63, 3.8) is 0 Å². The summed E-state index contributed by atoms with van der Waals surface area (Å²) in [5, 5.41) is 12.3. The lowest BCUT2D eigenvalue weighted by Gasteiger charge is -2.23. The lowest BCUT2D eigenvalue weighted by Crippen LogP contribution is -2.27. The highest BCUT2D eigenvalue weighted by Gasteiger charge is 2.50. The fourth-order valence-electron chi connectivity index (χ4n) is 4.21. The predicted molar refractivity (Wildman–Crippen MR) is 108 cm³/mol. The number of aliphatic hydroxyl groups is 1. The van der Waals surface area contributed by atoms with E-state index in [1.165, 1.54) is 11.8 Å². The van der Waals surface area contributed by atoms with Crippen LogP contribution in [-0.2, 0) is 18.6 Å². The molecule has 0 spiro atoms. The highest BCUT2D eigenvalue weighted by Crippen LogP contribution is 2.51. The first-order valence-corrected chi connectivity index (χ1v) is 10.7. The minimum Gasteiger partial charge on any atom is -0.383 e. The van der Waals surface area contributed by atoms with Crippen molar-refractivity contribution in [2.24, 2.45) is 5.92 Å². The van der Waals surface area contributed by atoms with Crippen LogP contribution in [0.5, 0.6) is 0 Å². The Hall–Kier alpha value is -2.45. The maximum absolute atomic E-state index is 12.9. The van der Waals surface area contributed by atoms with Crippen LogP contribution in [0.4, 0.5) is 0 Å². The van der Waals surface area contributed by atoms with Crippen molar-refractivity contribution in [1.82, 2.24) is 24.3 Å². The molecule has 3 aromatic heterocycles. The van der Waals surface area contributed by atoms with Gasteiger partial charge in [0.1, 0.15) is 11.0 Å². The Labute approximate surface area is 166 Å². The second-order valence-electron chi connectivity index (χ2n) is 7.46. The quantitative estimate of drug-likeness (QED) is 0.406. The number of aromatic nitrogens is 5. The van der Waals surface area contributed by atoms with Crippen LogP contribution in [-0.4, -0.2) is 35.7 Å². The molecule has 1 atom stereocenters. The molecule has 0 aliphatic heterocycles. The third kappa shape index (κ3) is 2.48. The number of nitrogens with zero attached hydrogens (tertiary/aromatic N) is 5. The largest absolute Gasteiger partial charge is 0.383 e. The minimum atomic E-state index is -0.850. The molecule has 1 saturated carbocycles. The SMILES string of the molecule is C=CCn1c(=O)c2cnc(SC)nc2n1-c1ccc2c(n1)C(O)(C1CC1)CC2. The van der Waals surface area contributed by atoms with E-state index in [1.54, 1.807) is 21.6 Å². The van der Waals surface area contributed by atoms with E-state index in [0.29, 0.717) is 40.9 Å². The van der Waals surface area contributed by atoms with Crippen LogP contribution in [0.1, 0.15) is 30.5 Å². The molecule has 1 N–H and O–H groups in total. The van der Waals surface area contributed by atoms with Crippen LogP contribution < -0.4 is 5.56 Å². The normalized spacial score (nSPS) is 21.2. The van der Waals surface area contributed by atoms with Crippen LogP contribution in [0.15, 0.2) is 40.9 Å². The summed E-state index contributed by atoms with van der Waals surface area (Å²) in [6.07, 6.45) is 8.77. The van der Waals surface area contributed by atoms with Gasteiger partial charge in [-0.3, -0.25) is 4.79 Å². The summed E-state index contributed by atoms with van der Waals surface area (Å²) in [7, 11) is 0. The number of aryl methyl sites for hydroxylation is 1. The lowest BCUT2D eigenvalue weighted by atomic mass is 9.95. The van der Waals surface area contributed by atoms with Crippen molar-refractivity contribution in [3.05, 3.63) is 52.6 Å². The van der Waals surface area contributed by atoms with Crippen molar-refractivity contribution in [2.75, 3.05) is 6.26 Å². The molecule has 0 bridgehead atoms. The van der Waals surface area contributed by atoms with Gasteiger partial charge in [0.05, 0.1) is 12.2 Å². The summed E-state index contributed by atoms with van der Waals surface area (Å²) in [6, 6.07) is 3.92. The molecule has 0 radical (unpaired) electrons. The number of rotatable bonds is 5. The zero-order chi connectivity index (χ0) is 19.5. The molecule has 0 saturated heterocycles. The van der Waals surface area contributed by atoms with E-state index >= 15 is 0 Å². The Bertz CT molecular complexity index is 1160. The average molecular weight is 395 g/mol. The highest BCUT2D eigenvalue weighted by molar-refractivity contribution is 7.98. The fourth-order valence-corrected chi connectivity index (χ4v) is 4.54. The van der Waals surface area contributed by atoms with Gasteiger partial charge < -0.3 is 5.11 Å². The Balaban J connectivity index is 1.76. The van der Waals surface area contributed by atoms with E-state index in [4.69, 9.17) is 4.98 Å². The van der Waals surface area contributed by atoms with Crippen LogP contribution >= 0.6 is 11.8 Å². The molecule has 7 nitrogen and oxygen atoms in total. The van der Waals surface area contributed by atoms with Gasteiger partial charge in [0.2, 0.25) is 0 Å². The number of hydrogen-bond donors (Lipinski definition) is 1. The zero-order valence-corrected chi connectivity index (χ0v) is 16.4. The predicted octanol–water partition coefficient (Wildman–Crippen LogP) is 2.43. The van der Waals surface area contributed by atoms with Crippen LogP contribution in [0.2, 0.25) is 0 Å². The molecule has 0 amide bonds. The van der Waals surface area contributed by atoms with E-state index in [2.05, 4.69) is 16.5 Å². The molecule has 5 rings (SSSR count). The first-order chi connectivity index (χ1) is 13.6. The van der Waals surface area contributed by atoms with Crippen LogP contribution in [0, 0.1) is 5.92 Å². The van der Waals surface area contributed by atoms with Gasteiger partial charge in [0.25, 0.3) is 5.56 Å². The van der Waals surface area contributed by atoms with Gasteiger partial charge in [-0.15, -0.1) is 6.58 Å². The molecule has 2 aliphatic carbocycles. The molecule has 3 heterocycles. The minimum absolute atomic E-state index is 0.178. The van der Waals surface area contributed by atoms with Crippen molar-refractivity contribution in [2.45, 2.75) is 43.0 Å². The number of pyridine rings is 1. The second kappa shape index (κ2) is 6.28. The maximum atomic E-state index is 12.9. The maximum Gasteiger partial charge on any atom is 0.278 e. The third-order valence-electron chi connectivity index (χ3n) is 5.76. The smallest absolute Gasteiger partial charge is 0.278 e. The van der Waals surface area contributed by atoms with E-state index < -0.39 is 5.60 Å².